The van der Waals surface area contributed by atoms with E-state index in [-0.39, 0.29) is 10.2 Å². The van der Waals surface area contributed by atoms with Gasteiger partial charge in [-0.15, -0.1) is 22.7 Å². The fourth-order valence-electron chi connectivity index (χ4n) is 1.92. The Balaban J connectivity index is 1.93. The van der Waals surface area contributed by atoms with E-state index in [4.69, 9.17) is 23.2 Å². The summed E-state index contributed by atoms with van der Waals surface area (Å²) in [4.78, 5) is 14.8. The maximum absolute atomic E-state index is 12.5. The first-order valence-electron chi connectivity index (χ1n) is 6.44. The molecular weight excluding hydrogens is 429 g/mol. The van der Waals surface area contributed by atoms with Crippen molar-refractivity contribution in [3.8, 4) is 10.6 Å². The van der Waals surface area contributed by atoms with Crippen LogP contribution in [0.3, 0.4) is 0 Å². The van der Waals surface area contributed by atoms with Crippen LogP contribution < -0.4 is 4.72 Å². The molecule has 0 unspecified atom stereocenters. The molecule has 7 nitrogen and oxygen atoms in total. The third kappa shape index (κ3) is 3.93. The van der Waals surface area contributed by atoms with Crippen molar-refractivity contribution >= 4 is 66.7 Å². The van der Waals surface area contributed by atoms with Crippen molar-refractivity contribution in [2.24, 2.45) is 0 Å². The summed E-state index contributed by atoms with van der Waals surface area (Å²) >= 11 is 13.9. The third-order valence-electron chi connectivity index (χ3n) is 2.96. The number of nitrogens with zero attached hydrogens (tertiary/aromatic N) is 2. The fraction of sp³-hybridized carbons (Fsp3) is 0. The average molecular weight is 436 g/mol. The van der Waals surface area contributed by atoms with Crippen molar-refractivity contribution in [2.75, 3.05) is 4.72 Å². The Hall–Kier alpha value is -1.72. The van der Waals surface area contributed by atoms with Crippen molar-refractivity contribution in [3.63, 3.8) is 0 Å². The molecule has 25 heavy (non-hydrogen) atoms. The zero-order chi connectivity index (χ0) is 18.2. The summed E-state index contributed by atoms with van der Waals surface area (Å²) in [7, 11) is -4.19. The molecule has 0 fully saturated rings. The molecule has 3 rings (SSSR count). The number of thiazole rings is 1. The van der Waals surface area contributed by atoms with E-state index in [1.165, 1.54) is 17.4 Å². The average Bonchev–Trinajstić information content (AvgIpc) is 3.15. The number of nitrogens with one attached hydrogen (secondary N) is 1. The lowest BCUT2D eigenvalue weighted by molar-refractivity contribution is -0.387. The summed E-state index contributed by atoms with van der Waals surface area (Å²) < 4.78 is 27.8. The SMILES string of the molecule is O=[N+]([O-])c1cc(Cl)ccc1S(=O)(=O)Nc1nc(-c2ccc(Cl)s2)cs1. The predicted molar refractivity (Wildman–Crippen MR) is 99.4 cm³/mol. The monoisotopic (exact) mass is 435 g/mol. The number of nitro groups is 1. The number of anilines is 1. The lowest BCUT2D eigenvalue weighted by Gasteiger charge is -2.06. The minimum absolute atomic E-state index is 0.0664. The first-order valence-corrected chi connectivity index (χ1v) is 10.4. The van der Waals surface area contributed by atoms with E-state index in [0.29, 0.717) is 10.0 Å². The summed E-state index contributed by atoms with van der Waals surface area (Å²) in [6, 6.07) is 6.81. The Kier molecular flexibility index (Phi) is 4.98. The van der Waals surface area contributed by atoms with Gasteiger partial charge in [0.2, 0.25) is 0 Å². The van der Waals surface area contributed by atoms with Gasteiger partial charge < -0.3 is 0 Å². The number of halogens is 2. The number of benzene rings is 1. The van der Waals surface area contributed by atoms with Gasteiger partial charge >= 0.3 is 0 Å². The topological polar surface area (TPSA) is 102 Å². The maximum Gasteiger partial charge on any atom is 0.291 e. The lowest BCUT2D eigenvalue weighted by atomic mass is 10.3. The zero-order valence-electron chi connectivity index (χ0n) is 12.0. The van der Waals surface area contributed by atoms with E-state index in [2.05, 4.69) is 9.71 Å². The molecule has 0 radical (unpaired) electrons. The van der Waals surface area contributed by atoms with E-state index >= 15 is 0 Å². The highest BCUT2D eigenvalue weighted by molar-refractivity contribution is 7.93. The van der Waals surface area contributed by atoms with E-state index in [0.717, 1.165) is 28.3 Å². The van der Waals surface area contributed by atoms with Gasteiger partial charge in [0.05, 0.1) is 19.8 Å². The van der Waals surface area contributed by atoms with Crippen LogP contribution in [0, 0.1) is 10.1 Å². The van der Waals surface area contributed by atoms with Crippen LogP contribution in [-0.4, -0.2) is 18.3 Å². The molecule has 0 aliphatic carbocycles. The number of aromatic nitrogens is 1. The molecule has 2 heterocycles. The van der Waals surface area contributed by atoms with Gasteiger partial charge in [-0.05, 0) is 24.3 Å². The molecule has 0 aliphatic rings. The van der Waals surface area contributed by atoms with E-state index in [1.807, 2.05) is 0 Å². The van der Waals surface area contributed by atoms with Gasteiger partial charge in [-0.1, -0.05) is 23.2 Å². The largest absolute Gasteiger partial charge is 0.291 e. The summed E-state index contributed by atoms with van der Waals surface area (Å²) in [6.45, 7) is 0. The van der Waals surface area contributed by atoms with Crippen LogP contribution in [0.2, 0.25) is 9.36 Å². The van der Waals surface area contributed by atoms with E-state index in [1.54, 1.807) is 17.5 Å². The standard InChI is InChI=1S/C13H7Cl2N3O4S3/c14-7-1-3-11(9(5-7)18(19)20)25(21,22)17-13-16-8(6-23-13)10-2-4-12(15)24-10/h1-6H,(H,16,17). The molecule has 0 saturated heterocycles. The molecule has 0 saturated carbocycles. The quantitative estimate of drug-likeness (QED) is 0.453. The van der Waals surface area contributed by atoms with Crippen LogP contribution in [0.15, 0.2) is 40.6 Å². The van der Waals surface area contributed by atoms with Crippen LogP contribution in [0.1, 0.15) is 0 Å². The van der Waals surface area contributed by atoms with Crippen molar-refractivity contribution in [1.82, 2.24) is 4.98 Å². The van der Waals surface area contributed by atoms with Crippen LogP contribution in [0.25, 0.3) is 10.6 Å². The van der Waals surface area contributed by atoms with Crippen molar-refractivity contribution < 1.29 is 13.3 Å². The Morgan fingerprint density at radius 3 is 2.60 bits per heavy atom. The second-order valence-corrected chi connectivity index (χ2v) is 9.28. The fourth-order valence-corrected chi connectivity index (χ4v) is 5.28. The Morgan fingerprint density at radius 1 is 1.20 bits per heavy atom. The van der Waals surface area contributed by atoms with Gasteiger partial charge in [0.1, 0.15) is 0 Å². The van der Waals surface area contributed by atoms with Crippen LogP contribution in [0.4, 0.5) is 10.8 Å². The van der Waals surface area contributed by atoms with Gasteiger partial charge in [-0.2, -0.15) is 0 Å². The number of thiophene rings is 1. The number of hydrogen-bond acceptors (Lipinski definition) is 7. The summed E-state index contributed by atoms with van der Waals surface area (Å²) in [5, 5.41) is 12.9. The second-order valence-electron chi connectivity index (χ2n) is 4.62. The highest BCUT2D eigenvalue weighted by Crippen LogP contribution is 2.34. The second kappa shape index (κ2) is 6.89. The molecule has 2 aromatic heterocycles. The molecule has 0 amide bonds. The number of rotatable bonds is 5. The Bertz CT molecular complexity index is 1060. The number of hydrogen-bond donors (Lipinski definition) is 1. The van der Waals surface area contributed by atoms with Gasteiger partial charge in [0.15, 0.2) is 10.0 Å². The zero-order valence-corrected chi connectivity index (χ0v) is 15.9. The van der Waals surface area contributed by atoms with Gasteiger partial charge in [0.25, 0.3) is 15.7 Å². The molecule has 1 aromatic carbocycles. The molecule has 0 atom stereocenters. The summed E-state index contributed by atoms with van der Waals surface area (Å²) in [5.41, 5.74) is -0.0491. The normalized spacial score (nSPS) is 11.4. The molecule has 130 valence electrons. The number of nitro benzene ring substituents is 1. The van der Waals surface area contributed by atoms with Crippen molar-refractivity contribution in [1.29, 1.82) is 0 Å². The van der Waals surface area contributed by atoms with Gasteiger partial charge in [0, 0.05) is 16.5 Å². The third-order valence-corrected chi connectivity index (χ3v) is 6.72. The highest BCUT2D eigenvalue weighted by Gasteiger charge is 2.27. The lowest BCUT2D eigenvalue weighted by Crippen LogP contribution is -2.14. The first kappa shape index (κ1) is 18.1. The van der Waals surface area contributed by atoms with E-state index in [9.17, 15) is 18.5 Å². The highest BCUT2D eigenvalue weighted by atomic mass is 35.5. The van der Waals surface area contributed by atoms with Crippen LogP contribution >= 0.6 is 45.9 Å². The first-order chi connectivity index (χ1) is 11.8. The maximum atomic E-state index is 12.5. The number of sulfonamides is 1. The smallest absolute Gasteiger partial charge is 0.258 e. The predicted octanol–water partition coefficient (Wildman–Crippen LogP) is 4.89. The Morgan fingerprint density at radius 2 is 1.96 bits per heavy atom. The molecule has 0 bridgehead atoms. The minimum Gasteiger partial charge on any atom is -0.258 e. The van der Waals surface area contributed by atoms with Crippen molar-refractivity contribution in [3.05, 3.63) is 55.2 Å². The van der Waals surface area contributed by atoms with Gasteiger partial charge in [-0.25, -0.2) is 13.4 Å². The van der Waals surface area contributed by atoms with Crippen LogP contribution in [-0.2, 0) is 10.0 Å². The van der Waals surface area contributed by atoms with Crippen LogP contribution in [0.5, 0.6) is 0 Å². The Labute approximate surface area is 160 Å². The molecule has 0 aliphatic heterocycles. The molecule has 0 spiro atoms. The molecule has 1 N–H and O–H groups in total. The molecular formula is C13H7Cl2N3O4S3. The summed E-state index contributed by atoms with van der Waals surface area (Å²) in [6.07, 6.45) is 0. The summed E-state index contributed by atoms with van der Waals surface area (Å²) in [5.74, 6) is 0. The van der Waals surface area contributed by atoms with E-state index < -0.39 is 25.5 Å². The van der Waals surface area contributed by atoms with Gasteiger partial charge in [-0.3, -0.25) is 14.8 Å². The van der Waals surface area contributed by atoms with Crippen molar-refractivity contribution in [2.45, 2.75) is 4.90 Å². The molecule has 12 heteroatoms. The minimum atomic E-state index is -4.19. The molecule has 3 aromatic rings.